The summed E-state index contributed by atoms with van der Waals surface area (Å²) in [4.78, 5) is 22.5. The molecule has 0 unspecified atom stereocenters. The van der Waals surface area contributed by atoms with Crippen LogP contribution < -0.4 is 5.32 Å². The average molecular weight is 643 g/mol. The first-order valence-electron chi connectivity index (χ1n) is 16.0. The zero-order chi connectivity index (χ0) is 31.7. The number of nitrogens with one attached hydrogen (secondary N) is 1. The summed E-state index contributed by atoms with van der Waals surface area (Å²) < 4.78 is 50.8. The second-order valence-electron chi connectivity index (χ2n) is 13.0. The molecule has 4 heterocycles. The van der Waals surface area contributed by atoms with Crippen LogP contribution in [0.15, 0.2) is 59.9 Å². The summed E-state index contributed by atoms with van der Waals surface area (Å²) in [6.45, 7) is 4.03. The van der Waals surface area contributed by atoms with E-state index in [4.69, 9.17) is 14.8 Å². The molecule has 1 N–H and O–H groups in total. The van der Waals surface area contributed by atoms with E-state index in [0.717, 1.165) is 65.3 Å². The predicted octanol–water partition coefficient (Wildman–Crippen LogP) is 6.09. The molecular weight excluding hydrogens is 607 g/mol. The molecule has 4 aromatic heterocycles. The minimum absolute atomic E-state index is 0.0772. The number of nitrogens with zero attached hydrogens (tertiary/aromatic N) is 5. The van der Waals surface area contributed by atoms with Gasteiger partial charge in [-0.2, -0.15) is 0 Å². The Morgan fingerprint density at radius 3 is 2.50 bits per heavy atom. The maximum atomic E-state index is 14.7. The van der Waals surface area contributed by atoms with Crippen molar-refractivity contribution in [2.75, 3.05) is 11.9 Å². The van der Waals surface area contributed by atoms with Crippen molar-refractivity contribution in [2.24, 2.45) is 17.8 Å². The van der Waals surface area contributed by atoms with Gasteiger partial charge in [-0.25, -0.2) is 31.3 Å². The monoisotopic (exact) mass is 642 g/mol. The lowest BCUT2D eigenvalue weighted by atomic mass is 9.61. The van der Waals surface area contributed by atoms with Crippen molar-refractivity contribution in [1.29, 1.82) is 0 Å². The Labute approximate surface area is 266 Å². The van der Waals surface area contributed by atoms with Gasteiger partial charge in [-0.05, 0) is 100.0 Å². The van der Waals surface area contributed by atoms with Crippen LogP contribution in [0.5, 0.6) is 0 Å². The van der Waals surface area contributed by atoms with E-state index in [1.807, 2.05) is 20.0 Å². The topological polar surface area (TPSA) is 120 Å². The highest BCUT2D eigenvalue weighted by atomic mass is 32.2. The van der Waals surface area contributed by atoms with Crippen LogP contribution in [0, 0.1) is 30.5 Å². The van der Waals surface area contributed by atoms with Crippen molar-refractivity contribution < 1.29 is 22.3 Å². The summed E-state index contributed by atoms with van der Waals surface area (Å²) in [6.07, 6.45) is 10.7. The quantitative estimate of drug-likeness (QED) is 0.202. The molecule has 9 rings (SSSR count). The molecule has 238 valence electrons. The number of aryl methyl sites for hydroxylation is 1. The number of esters is 1. The second-order valence-corrected chi connectivity index (χ2v) is 14.8. The SMILES string of the molecule is CCOC(=O)[C@@H]1C2CCC(CC2)[C@H]1Nc1nc(-c2cn(S(=O)(=O)c3ccc(C)cc3)c3ncc(F)cc23)nn2cc(C3CC3)cc12. The number of carbonyl (C=O) groups excluding carboxylic acids is 1. The molecule has 2 atom stereocenters. The van der Waals surface area contributed by atoms with Crippen LogP contribution in [-0.2, 0) is 19.6 Å². The molecule has 10 nitrogen and oxygen atoms in total. The van der Waals surface area contributed by atoms with Gasteiger partial charge < -0.3 is 10.1 Å². The number of anilines is 1. The summed E-state index contributed by atoms with van der Waals surface area (Å²) in [5.41, 5.74) is 3.26. The van der Waals surface area contributed by atoms with Gasteiger partial charge in [0.15, 0.2) is 17.3 Å². The number of hydrogen-bond donors (Lipinski definition) is 1. The first-order valence-corrected chi connectivity index (χ1v) is 17.5. The van der Waals surface area contributed by atoms with Crippen molar-refractivity contribution in [3.63, 3.8) is 0 Å². The Hall–Kier alpha value is -4.32. The van der Waals surface area contributed by atoms with E-state index in [-0.39, 0.29) is 51.5 Å². The largest absolute Gasteiger partial charge is 0.466 e. The smallest absolute Gasteiger partial charge is 0.311 e. The fourth-order valence-electron chi connectivity index (χ4n) is 7.51. The van der Waals surface area contributed by atoms with Gasteiger partial charge in [0.1, 0.15) is 11.3 Å². The summed E-state index contributed by atoms with van der Waals surface area (Å²) >= 11 is 0. The van der Waals surface area contributed by atoms with E-state index in [0.29, 0.717) is 23.9 Å². The third kappa shape index (κ3) is 4.85. The van der Waals surface area contributed by atoms with E-state index in [1.54, 1.807) is 28.8 Å². The summed E-state index contributed by atoms with van der Waals surface area (Å²) in [6, 6.07) is 9.74. The van der Waals surface area contributed by atoms with E-state index < -0.39 is 15.8 Å². The maximum Gasteiger partial charge on any atom is 0.311 e. The normalized spacial score (nSPS) is 22.8. The second kappa shape index (κ2) is 10.9. The molecule has 2 bridgehead atoms. The van der Waals surface area contributed by atoms with Crippen LogP contribution in [0.2, 0.25) is 0 Å². The Kier molecular flexibility index (Phi) is 6.89. The number of carbonyl (C=O) groups is 1. The van der Waals surface area contributed by atoms with Gasteiger partial charge in [0.25, 0.3) is 10.0 Å². The van der Waals surface area contributed by atoms with Crippen molar-refractivity contribution in [3.05, 3.63) is 71.9 Å². The van der Waals surface area contributed by atoms with Crippen molar-refractivity contribution in [2.45, 2.75) is 69.2 Å². The molecule has 4 saturated carbocycles. The zero-order valence-electron chi connectivity index (χ0n) is 25.7. The Bertz CT molecular complexity index is 2100. The molecule has 4 fully saturated rings. The lowest BCUT2D eigenvalue weighted by Crippen LogP contribution is -2.52. The molecule has 46 heavy (non-hydrogen) atoms. The van der Waals surface area contributed by atoms with E-state index in [2.05, 4.69) is 16.4 Å². The number of aromatic nitrogens is 5. The van der Waals surface area contributed by atoms with Crippen LogP contribution in [0.25, 0.3) is 27.9 Å². The first-order chi connectivity index (χ1) is 22.2. The van der Waals surface area contributed by atoms with Gasteiger partial charge in [-0.3, -0.25) is 4.79 Å². The van der Waals surface area contributed by atoms with Crippen molar-refractivity contribution in [3.8, 4) is 11.4 Å². The first kappa shape index (κ1) is 29.1. The summed E-state index contributed by atoms with van der Waals surface area (Å²) in [5.74, 6) is 0.680. The van der Waals surface area contributed by atoms with Crippen LogP contribution >= 0.6 is 0 Å². The molecule has 1 aromatic carbocycles. The van der Waals surface area contributed by atoms with Gasteiger partial charge in [0.05, 0.1) is 23.6 Å². The third-order valence-corrected chi connectivity index (χ3v) is 11.7. The fourth-order valence-corrected chi connectivity index (χ4v) is 8.84. The lowest BCUT2D eigenvalue weighted by molar-refractivity contribution is -0.154. The number of fused-ring (bicyclic) bond motifs is 5. The molecule has 4 aliphatic rings. The fraction of sp³-hybridized carbons (Fsp3) is 0.412. The van der Waals surface area contributed by atoms with Crippen LogP contribution in [0.4, 0.5) is 10.2 Å². The third-order valence-electron chi connectivity index (χ3n) is 10.0. The van der Waals surface area contributed by atoms with Gasteiger partial charge in [-0.1, -0.05) is 17.7 Å². The molecule has 0 radical (unpaired) electrons. The average Bonchev–Trinajstić information content (AvgIpc) is 3.69. The highest BCUT2D eigenvalue weighted by molar-refractivity contribution is 7.90. The number of halogens is 1. The minimum Gasteiger partial charge on any atom is -0.466 e. The predicted molar refractivity (Wildman–Crippen MR) is 170 cm³/mol. The molecule has 0 amide bonds. The lowest BCUT2D eigenvalue weighted by Gasteiger charge is -2.47. The number of pyridine rings is 1. The van der Waals surface area contributed by atoms with Crippen LogP contribution in [-0.4, -0.2) is 50.6 Å². The summed E-state index contributed by atoms with van der Waals surface area (Å²) in [5, 5.41) is 8.78. The van der Waals surface area contributed by atoms with Gasteiger partial charge in [0, 0.05) is 29.4 Å². The standard InChI is InChI=1S/C34H35FN6O4S/c1-3-45-34(42)29-21-8-10-22(11-9-21)30(29)37-32-28-14-23(20-6-7-20)17-40(28)39-31(38-32)27-18-41(33-26(27)15-24(35)16-36-33)46(43,44)25-12-4-19(2)5-13-25/h4-5,12-18,20-22,29-30H,3,6-11H2,1-2H3,(H,37,38,39)/t21?,22?,29-,30-/m1/s1. The van der Waals surface area contributed by atoms with E-state index in [9.17, 15) is 17.6 Å². The van der Waals surface area contributed by atoms with Gasteiger partial charge >= 0.3 is 5.97 Å². The Morgan fingerprint density at radius 2 is 1.78 bits per heavy atom. The molecule has 0 saturated heterocycles. The molecular formula is C34H35FN6O4S. The van der Waals surface area contributed by atoms with Crippen LogP contribution in [0.3, 0.4) is 0 Å². The number of benzene rings is 1. The number of rotatable bonds is 8. The zero-order valence-corrected chi connectivity index (χ0v) is 26.5. The molecule has 0 aliphatic heterocycles. The molecule has 12 heteroatoms. The molecule has 5 aromatic rings. The van der Waals surface area contributed by atoms with E-state index >= 15 is 0 Å². The Balaban J connectivity index is 1.29. The molecule has 4 aliphatic carbocycles. The molecule has 0 spiro atoms. The van der Waals surface area contributed by atoms with E-state index in [1.165, 1.54) is 12.3 Å². The summed E-state index contributed by atoms with van der Waals surface area (Å²) in [7, 11) is -4.08. The highest BCUT2D eigenvalue weighted by Gasteiger charge is 2.48. The highest BCUT2D eigenvalue weighted by Crippen LogP contribution is 2.47. The maximum absolute atomic E-state index is 14.7. The number of hydrogen-bond acceptors (Lipinski definition) is 8. The van der Waals surface area contributed by atoms with Gasteiger partial charge in [-0.15, -0.1) is 5.10 Å². The van der Waals surface area contributed by atoms with Crippen molar-refractivity contribution >= 4 is 38.4 Å². The van der Waals surface area contributed by atoms with Crippen molar-refractivity contribution in [1.82, 2.24) is 23.6 Å². The van der Waals surface area contributed by atoms with Gasteiger partial charge in [0.2, 0.25) is 0 Å². The minimum atomic E-state index is -4.08. The van der Waals surface area contributed by atoms with Crippen LogP contribution in [0.1, 0.15) is 62.5 Å². The Morgan fingerprint density at radius 1 is 1.04 bits per heavy atom. The number of ether oxygens (including phenoxy) is 1.